The topological polar surface area (TPSA) is 35.5 Å². The smallest absolute Gasteiger partial charge is 0.193 e. The summed E-state index contributed by atoms with van der Waals surface area (Å²) < 4.78 is 10.6. The van der Waals surface area contributed by atoms with Crippen molar-refractivity contribution in [3.63, 3.8) is 0 Å². The van der Waals surface area contributed by atoms with Gasteiger partial charge < -0.3 is 9.47 Å². The molecule has 2 aromatic rings. The average Bonchev–Trinajstić information content (AvgIpc) is 2.53. The first-order valence-electron chi connectivity index (χ1n) is 6.66. The van der Waals surface area contributed by atoms with Gasteiger partial charge in [-0.1, -0.05) is 6.92 Å². The minimum atomic E-state index is -0.00491. The van der Waals surface area contributed by atoms with Crippen LogP contribution in [0.4, 0.5) is 0 Å². The van der Waals surface area contributed by atoms with Crippen molar-refractivity contribution in [1.82, 2.24) is 0 Å². The fourth-order valence-corrected chi connectivity index (χ4v) is 1.83. The molecule has 0 aromatic heterocycles. The molecule has 0 bridgehead atoms. The molecule has 0 unspecified atom stereocenters. The minimum Gasteiger partial charge on any atom is -0.497 e. The first-order chi connectivity index (χ1) is 9.74. The van der Waals surface area contributed by atoms with E-state index in [9.17, 15) is 4.79 Å². The number of ether oxygens (including phenoxy) is 2. The third-order valence-corrected chi connectivity index (χ3v) is 2.94. The summed E-state index contributed by atoms with van der Waals surface area (Å²) >= 11 is 0. The van der Waals surface area contributed by atoms with Gasteiger partial charge in [0.15, 0.2) is 5.78 Å². The number of rotatable bonds is 6. The van der Waals surface area contributed by atoms with E-state index in [2.05, 4.69) is 6.92 Å². The highest BCUT2D eigenvalue weighted by atomic mass is 16.5. The number of ketones is 1. The van der Waals surface area contributed by atoms with Gasteiger partial charge >= 0.3 is 0 Å². The molecule has 0 N–H and O–H groups in total. The van der Waals surface area contributed by atoms with Crippen molar-refractivity contribution in [2.24, 2.45) is 0 Å². The molecule has 0 atom stereocenters. The van der Waals surface area contributed by atoms with Gasteiger partial charge in [0.1, 0.15) is 11.5 Å². The van der Waals surface area contributed by atoms with E-state index in [1.165, 1.54) is 0 Å². The lowest BCUT2D eigenvalue weighted by molar-refractivity contribution is 0.103. The van der Waals surface area contributed by atoms with Crippen LogP contribution in [0.3, 0.4) is 0 Å². The van der Waals surface area contributed by atoms with E-state index in [0.717, 1.165) is 17.9 Å². The molecule has 104 valence electrons. The Labute approximate surface area is 119 Å². The van der Waals surface area contributed by atoms with Crippen LogP contribution in [-0.4, -0.2) is 19.5 Å². The van der Waals surface area contributed by atoms with E-state index in [4.69, 9.17) is 9.47 Å². The summed E-state index contributed by atoms with van der Waals surface area (Å²) in [6.45, 7) is 2.74. The van der Waals surface area contributed by atoms with Crippen molar-refractivity contribution in [3.8, 4) is 11.5 Å². The van der Waals surface area contributed by atoms with Gasteiger partial charge in [-0.3, -0.25) is 4.79 Å². The summed E-state index contributed by atoms with van der Waals surface area (Å²) in [6, 6.07) is 14.3. The second-order valence-electron chi connectivity index (χ2n) is 4.43. The van der Waals surface area contributed by atoms with Gasteiger partial charge in [0.25, 0.3) is 0 Å². The number of methoxy groups -OCH3 is 1. The fourth-order valence-electron chi connectivity index (χ4n) is 1.83. The average molecular weight is 270 g/mol. The van der Waals surface area contributed by atoms with E-state index in [0.29, 0.717) is 17.7 Å². The molecule has 0 saturated heterocycles. The third-order valence-electron chi connectivity index (χ3n) is 2.94. The Balaban J connectivity index is 2.11. The molecule has 0 heterocycles. The summed E-state index contributed by atoms with van der Waals surface area (Å²) in [6.07, 6.45) is 0.965. The molecule has 2 rings (SSSR count). The predicted molar refractivity (Wildman–Crippen MR) is 78.7 cm³/mol. The first kappa shape index (κ1) is 14.1. The van der Waals surface area contributed by atoms with Gasteiger partial charge in [-0.25, -0.2) is 0 Å². The van der Waals surface area contributed by atoms with Crippen LogP contribution in [0.25, 0.3) is 0 Å². The molecular formula is C17H18O3. The molecule has 0 aliphatic rings. The third kappa shape index (κ3) is 3.38. The van der Waals surface area contributed by atoms with Gasteiger partial charge in [0.05, 0.1) is 13.7 Å². The quantitative estimate of drug-likeness (QED) is 0.750. The zero-order valence-corrected chi connectivity index (χ0v) is 11.8. The Morgan fingerprint density at radius 3 is 1.85 bits per heavy atom. The lowest BCUT2D eigenvalue weighted by atomic mass is 10.0. The summed E-state index contributed by atoms with van der Waals surface area (Å²) in [4.78, 5) is 12.3. The van der Waals surface area contributed by atoms with Gasteiger partial charge in [0.2, 0.25) is 0 Å². The second-order valence-corrected chi connectivity index (χ2v) is 4.43. The molecule has 3 nitrogen and oxygen atoms in total. The second kappa shape index (κ2) is 6.75. The molecule has 0 saturated carbocycles. The normalized spacial score (nSPS) is 10.1. The Morgan fingerprint density at radius 2 is 1.40 bits per heavy atom. The van der Waals surface area contributed by atoms with Gasteiger partial charge in [-0.2, -0.15) is 0 Å². The summed E-state index contributed by atoms with van der Waals surface area (Å²) in [7, 11) is 1.60. The van der Waals surface area contributed by atoms with Crippen LogP contribution >= 0.6 is 0 Å². The van der Waals surface area contributed by atoms with E-state index < -0.39 is 0 Å². The largest absolute Gasteiger partial charge is 0.497 e. The van der Waals surface area contributed by atoms with Crippen molar-refractivity contribution >= 4 is 5.78 Å². The molecule has 0 aliphatic carbocycles. The van der Waals surface area contributed by atoms with Crippen molar-refractivity contribution in [2.45, 2.75) is 13.3 Å². The minimum absolute atomic E-state index is 0.00491. The van der Waals surface area contributed by atoms with Gasteiger partial charge in [-0.05, 0) is 55.0 Å². The zero-order chi connectivity index (χ0) is 14.4. The maximum absolute atomic E-state index is 12.3. The monoisotopic (exact) mass is 270 g/mol. The van der Waals surface area contributed by atoms with Gasteiger partial charge in [-0.15, -0.1) is 0 Å². The molecule has 0 aliphatic heterocycles. The van der Waals surface area contributed by atoms with Crippen molar-refractivity contribution in [3.05, 3.63) is 59.7 Å². The van der Waals surface area contributed by atoms with Crippen LogP contribution in [0.1, 0.15) is 29.3 Å². The number of hydrogen-bond acceptors (Lipinski definition) is 3. The fraction of sp³-hybridized carbons (Fsp3) is 0.235. The van der Waals surface area contributed by atoms with Crippen molar-refractivity contribution in [2.75, 3.05) is 13.7 Å². The number of carbonyl (C=O) groups excluding carboxylic acids is 1. The standard InChI is InChI=1S/C17H18O3/c1-3-12-20-16-10-6-14(7-11-16)17(18)13-4-8-15(19-2)9-5-13/h4-11H,3,12H2,1-2H3. The zero-order valence-electron chi connectivity index (χ0n) is 11.8. The molecular weight excluding hydrogens is 252 g/mol. The van der Waals surface area contributed by atoms with Crippen LogP contribution in [-0.2, 0) is 0 Å². The lowest BCUT2D eigenvalue weighted by Gasteiger charge is -2.06. The number of hydrogen-bond donors (Lipinski definition) is 0. The van der Waals surface area contributed by atoms with E-state index >= 15 is 0 Å². The highest BCUT2D eigenvalue weighted by Gasteiger charge is 2.09. The van der Waals surface area contributed by atoms with Crippen LogP contribution in [0.2, 0.25) is 0 Å². The van der Waals surface area contributed by atoms with Crippen LogP contribution in [0.5, 0.6) is 11.5 Å². The van der Waals surface area contributed by atoms with Crippen LogP contribution in [0, 0.1) is 0 Å². The molecule has 0 fully saturated rings. The summed E-state index contributed by atoms with van der Waals surface area (Å²) in [5.41, 5.74) is 1.30. The Kier molecular flexibility index (Phi) is 4.77. The number of carbonyl (C=O) groups is 1. The van der Waals surface area contributed by atoms with E-state index in [1.54, 1.807) is 43.5 Å². The Hall–Kier alpha value is -2.29. The van der Waals surface area contributed by atoms with Crippen LogP contribution in [0.15, 0.2) is 48.5 Å². The Bertz CT molecular complexity index is 556. The summed E-state index contributed by atoms with van der Waals surface area (Å²) in [5, 5.41) is 0. The molecule has 0 spiro atoms. The first-order valence-corrected chi connectivity index (χ1v) is 6.66. The molecule has 0 radical (unpaired) electrons. The molecule has 0 amide bonds. The number of benzene rings is 2. The summed E-state index contributed by atoms with van der Waals surface area (Å²) in [5.74, 6) is 1.53. The predicted octanol–water partition coefficient (Wildman–Crippen LogP) is 3.72. The molecule has 20 heavy (non-hydrogen) atoms. The highest BCUT2D eigenvalue weighted by Crippen LogP contribution is 2.17. The van der Waals surface area contributed by atoms with E-state index in [1.807, 2.05) is 12.1 Å². The van der Waals surface area contributed by atoms with E-state index in [-0.39, 0.29) is 5.78 Å². The maximum Gasteiger partial charge on any atom is 0.193 e. The Morgan fingerprint density at radius 1 is 0.900 bits per heavy atom. The molecule has 3 heteroatoms. The van der Waals surface area contributed by atoms with Crippen molar-refractivity contribution in [1.29, 1.82) is 0 Å². The lowest BCUT2D eigenvalue weighted by Crippen LogP contribution is -2.01. The highest BCUT2D eigenvalue weighted by molar-refractivity contribution is 6.09. The van der Waals surface area contributed by atoms with Crippen molar-refractivity contribution < 1.29 is 14.3 Å². The molecule has 2 aromatic carbocycles. The van der Waals surface area contributed by atoms with Gasteiger partial charge in [0, 0.05) is 11.1 Å². The van der Waals surface area contributed by atoms with Crippen LogP contribution < -0.4 is 9.47 Å². The maximum atomic E-state index is 12.3. The SMILES string of the molecule is CCCOc1ccc(C(=O)c2ccc(OC)cc2)cc1.